The van der Waals surface area contributed by atoms with Crippen LogP contribution in [0.2, 0.25) is 0 Å². The first-order valence-electron chi connectivity index (χ1n) is 6.49. The second-order valence-electron chi connectivity index (χ2n) is 4.33. The molecule has 2 aromatic rings. The average molecular weight is 247 g/mol. The summed E-state index contributed by atoms with van der Waals surface area (Å²) in [5.41, 5.74) is 3.43. The monoisotopic (exact) mass is 247 g/mol. The first-order valence-corrected chi connectivity index (χ1v) is 6.49. The molecule has 0 unspecified atom stereocenters. The molecule has 0 aliphatic heterocycles. The molecule has 0 amide bonds. The van der Waals surface area contributed by atoms with Gasteiger partial charge in [0.25, 0.3) is 0 Å². The lowest BCUT2D eigenvalue weighted by molar-refractivity contribution is 0.569. The molecule has 0 aliphatic carbocycles. The highest BCUT2D eigenvalue weighted by Crippen LogP contribution is 2.08. The lowest BCUT2D eigenvalue weighted by Crippen LogP contribution is -2.10. The molecule has 0 saturated carbocycles. The summed E-state index contributed by atoms with van der Waals surface area (Å²) in [7, 11) is 1.93. The van der Waals surface area contributed by atoms with Crippen LogP contribution < -0.4 is 5.32 Å². The van der Waals surface area contributed by atoms with E-state index in [1.165, 1.54) is 5.69 Å². The molecule has 1 N–H and O–H groups in total. The van der Waals surface area contributed by atoms with Crippen molar-refractivity contribution in [3.63, 3.8) is 0 Å². The molecule has 0 radical (unpaired) electrons. The van der Waals surface area contributed by atoms with Crippen molar-refractivity contribution >= 4 is 0 Å². The Labute approximate surface area is 108 Å². The van der Waals surface area contributed by atoms with Crippen LogP contribution in [0.5, 0.6) is 0 Å². The fraction of sp³-hybridized carbons (Fsp3) is 0.538. The van der Waals surface area contributed by atoms with Gasteiger partial charge in [0.05, 0.1) is 23.6 Å². The first kappa shape index (κ1) is 12.8. The van der Waals surface area contributed by atoms with Gasteiger partial charge in [-0.15, -0.1) is 0 Å². The highest BCUT2D eigenvalue weighted by Gasteiger charge is 2.07. The molecule has 0 aromatic carbocycles. The average Bonchev–Trinajstić information content (AvgIpc) is 2.97. The Morgan fingerprint density at radius 2 is 2.06 bits per heavy atom. The lowest BCUT2D eigenvalue weighted by Gasteiger charge is -2.04. The van der Waals surface area contributed by atoms with Crippen molar-refractivity contribution in [3.8, 4) is 0 Å². The summed E-state index contributed by atoms with van der Waals surface area (Å²) in [6.07, 6.45) is 3.00. The molecule has 0 fully saturated rings. The van der Waals surface area contributed by atoms with Gasteiger partial charge in [-0.3, -0.25) is 9.36 Å². The summed E-state index contributed by atoms with van der Waals surface area (Å²) >= 11 is 0. The number of aryl methyl sites for hydroxylation is 2. The van der Waals surface area contributed by atoms with E-state index in [4.69, 9.17) is 0 Å². The molecule has 18 heavy (non-hydrogen) atoms. The minimum atomic E-state index is 0.782. The number of nitrogens with zero attached hydrogens (tertiary/aromatic N) is 4. The largest absolute Gasteiger partial charge is 0.314 e. The molecule has 0 bridgehead atoms. The summed E-state index contributed by atoms with van der Waals surface area (Å²) in [6, 6.07) is 4.22. The zero-order chi connectivity index (χ0) is 13.0. The van der Waals surface area contributed by atoms with Crippen LogP contribution in [0.1, 0.15) is 30.9 Å². The van der Waals surface area contributed by atoms with Crippen LogP contribution in [0.4, 0.5) is 0 Å². The van der Waals surface area contributed by atoms with Crippen LogP contribution in [0.3, 0.4) is 0 Å². The van der Waals surface area contributed by atoms with Gasteiger partial charge in [-0.05, 0) is 32.5 Å². The molecule has 5 nitrogen and oxygen atoms in total. The molecular formula is C13H21N5. The molecule has 0 spiro atoms. The van der Waals surface area contributed by atoms with Crippen molar-refractivity contribution in [2.75, 3.05) is 7.05 Å². The van der Waals surface area contributed by atoms with Gasteiger partial charge in [0.1, 0.15) is 0 Å². The number of hydrogen-bond acceptors (Lipinski definition) is 3. The van der Waals surface area contributed by atoms with Crippen molar-refractivity contribution in [2.45, 2.75) is 39.9 Å². The van der Waals surface area contributed by atoms with E-state index in [0.29, 0.717) is 0 Å². The third kappa shape index (κ3) is 2.79. The zero-order valence-corrected chi connectivity index (χ0v) is 11.3. The molecule has 2 aromatic heterocycles. The van der Waals surface area contributed by atoms with E-state index in [1.807, 2.05) is 24.0 Å². The van der Waals surface area contributed by atoms with Gasteiger partial charge in [0, 0.05) is 19.3 Å². The van der Waals surface area contributed by atoms with Gasteiger partial charge in [-0.2, -0.15) is 10.2 Å². The van der Waals surface area contributed by atoms with Crippen LogP contribution in [-0.2, 0) is 26.1 Å². The maximum atomic E-state index is 4.55. The van der Waals surface area contributed by atoms with Crippen LogP contribution in [-0.4, -0.2) is 26.6 Å². The summed E-state index contributed by atoms with van der Waals surface area (Å²) in [5, 5.41) is 12.2. The number of aromatic nitrogens is 4. The van der Waals surface area contributed by atoms with Crippen molar-refractivity contribution in [1.82, 2.24) is 24.9 Å². The Morgan fingerprint density at radius 1 is 1.22 bits per heavy atom. The molecule has 5 heteroatoms. The topological polar surface area (TPSA) is 47.7 Å². The van der Waals surface area contributed by atoms with E-state index in [0.717, 1.165) is 37.4 Å². The smallest absolute Gasteiger partial charge is 0.0828 e. The predicted octanol–water partition coefficient (Wildman–Crippen LogP) is 1.43. The Balaban J connectivity index is 2.14. The van der Waals surface area contributed by atoms with Gasteiger partial charge in [-0.1, -0.05) is 6.92 Å². The van der Waals surface area contributed by atoms with E-state index in [1.54, 1.807) is 0 Å². The summed E-state index contributed by atoms with van der Waals surface area (Å²) in [5.74, 6) is 0. The second-order valence-corrected chi connectivity index (χ2v) is 4.33. The zero-order valence-electron chi connectivity index (χ0n) is 11.3. The van der Waals surface area contributed by atoms with E-state index in [2.05, 4.69) is 40.1 Å². The molecule has 98 valence electrons. The molecule has 0 atom stereocenters. The maximum Gasteiger partial charge on any atom is 0.0828 e. The Bertz CT molecular complexity index is 497. The standard InChI is InChI=1S/C13H21N5/c1-4-11-8-13(18(5-2)16-11)10-17-7-6-12(15-17)9-14-3/h6-8,14H,4-5,9-10H2,1-3H3. The minimum absolute atomic E-state index is 0.782. The van der Waals surface area contributed by atoms with Crippen molar-refractivity contribution in [3.05, 3.63) is 35.4 Å². The molecule has 0 aliphatic rings. The van der Waals surface area contributed by atoms with Gasteiger partial charge < -0.3 is 5.32 Å². The van der Waals surface area contributed by atoms with E-state index in [-0.39, 0.29) is 0 Å². The first-order chi connectivity index (χ1) is 8.76. The van der Waals surface area contributed by atoms with Gasteiger partial charge in [-0.25, -0.2) is 0 Å². The number of nitrogens with one attached hydrogen (secondary N) is 1. The van der Waals surface area contributed by atoms with Crippen LogP contribution in [0, 0.1) is 0 Å². The molecule has 0 saturated heterocycles. The fourth-order valence-electron chi connectivity index (χ4n) is 2.02. The van der Waals surface area contributed by atoms with E-state index in [9.17, 15) is 0 Å². The van der Waals surface area contributed by atoms with E-state index < -0.39 is 0 Å². The van der Waals surface area contributed by atoms with Crippen LogP contribution in [0.25, 0.3) is 0 Å². The summed E-state index contributed by atoms with van der Waals surface area (Å²) in [6.45, 7) is 6.74. The molecule has 2 heterocycles. The third-order valence-electron chi connectivity index (χ3n) is 2.95. The fourth-order valence-corrected chi connectivity index (χ4v) is 2.02. The van der Waals surface area contributed by atoms with Crippen LogP contribution >= 0.6 is 0 Å². The second kappa shape index (κ2) is 5.82. The summed E-state index contributed by atoms with van der Waals surface area (Å²) < 4.78 is 4.02. The predicted molar refractivity (Wildman–Crippen MR) is 71.4 cm³/mol. The van der Waals surface area contributed by atoms with Crippen molar-refractivity contribution in [1.29, 1.82) is 0 Å². The summed E-state index contributed by atoms with van der Waals surface area (Å²) in [4.78, 5) is 0. The lowest BCUT2D eigenvalue weighted by atomic mass is 10.3. The van der Waals surface area contributed by atoms with Crippen molar-refractivity contribution in [2.24, 2.45) is 0 Å². The number of hydrogen-bond donors (Lipinski definition) is 1. The van der Waals surface area contributed by atoms with Gasteiger partial charge in [0.15, 0.2) is 0 Å². The normalized spacial score (nSPS) is 11.1. The highest BCUT2D eigenvalue weighted by molar-refractivity contribution is 5.11. The van der Waals surface area contributed by atoms with Gasteiger partial charge >= 0.3 is 0 Å². The Hall–Kier alpha value is -1.62. The molecular weight excluding hydrogens is 226 g/mol. The molecule has 2 rings (SSSR count). The quantitative estimate of drug-likeness (QED) is 0.840. The Kier molecular flexibility index (Phi) is 4.15. The van der Waals surface area contributed by atoms with Crippen LogP contribution in [0.15, 0.2) is 18.3 Å². The third-order valence-corrected chi connectivity index (χ3v) is 2.95. The Morgan fingerprint density at radius 3 is 2.72 bits per heavy atom. The maximum absolute atomic E-state index is 4.55. The van der Waals surface area contributed by atoms with E-state index >= 15 is 0 Å². The van der Waals surface area contributed by atoms with Crippen molar-refractivity contribution < 1.29 is 0 Å². The minimum Gasteiger partial charge on any atom is -0.314 e. The van der Waals surface area contributed by atoms with Gasteiger partial charge in [0.2, 0.25) is 0 Å². The highest BCUT2D eigenvalue weighted by atomic mass is 15.3. The SMILES string of the molecule is CCc1cc(Cn2ccc(CNC)n2)n(CC)n1. The number of rotatable bonds is 6.